The van der Waals surface area contributed by atoms with Gasteiger partial charge in [-0.25, -0.2) is 9.97 Å². The van der Waals surface area contributed by atoms with E-state index < -0.39 is 0 Å². The molecule has 90 valence electrons. The van der Waals surface area contributed by atoms with Crippen LogP contribution in [-0.4, -0.2) is 35.1 Å². The average Bonchev–Trinajstić information content (AvgIpc) is 2.82. The van der Waals surface area contributed by atoms with Gasteiger partial charge in [0.05, 0.1) is 0 Å². The van der Waals surface area contributed by atoms with Crippen LogP contribution in [0.5, 0.6) is 0 Å². The van der Waals surface area contributed by atoms with E-state index in [-0.39, 0.29) is 0 Å². The summed E-state index contributed by atoms with van der Waals surface area (Å²) in [6.45, 7) is 1.36. The lowest BCUT2D eigenvalue weighted by molar-refractivity contribution is 0.864. The van der Waals surface area contributed by atoms with Gasteiger partial charge in [-0.15, -0.1) is 0 Å². The molecule has 0 fully saturated rings. The van der Waals surface area contributed by atoms with E-state index in [4.69, 9.17) is 5.73 Å². The van der Waals surface area contributed by atoms with Crippen molar-refractivity contribution < 1.29 is 0 Å². The van der Waals surface area contributed by atoms with Gasteiger partial charge in [0.25, 0.3) is 0 Å². The van der Waals surface area contributed by atoms with E-state index in [0.717, 1.165) is 24.0 Å². The SMILES string of the molecule is CN(CCN)c1cc(Nc2ccc[nH]2)ncn1. The smallest absolute Gasteiger partial charge is 0.136 e. The highest BCUT2D eigenvalue weighted by Crippen LogP contribution is 2.15. The average molecular weight is 232 g/mol. The van der Waals surface area contributed by atoms with Crippen molar-refractivity contribution >= 4 is 17.5 Å². The molecule has 0 spiro atoms. The maximum atomic E-state index is 5.51. The minimum atomic E-state index is 0.597. The monoisotopic (exact) mass is 232 g/mol. The van der Waals surface area contributed by atoms with Crippen molar-refractivity contribution in [2.45, 2.75) is 0 Å². The first-order chi connectivity index (χ1) is 8.29. The molecule has 6 heteroatoms. The molecule has 0 saturated heterocycles. The van der Waals surface area contributed by atoms with E-state index in [0.29, 0.717) is 6.54 Å². The van der Waals surface area contributed by atoms with Crippen LogP contribution in [0.25, 0.3) is 0 Å². The van der Waals surface area contributed by atoms with Gasteiger partial charge >= 0.3 is 0 Å². The highest BCUT2D eigenvalue weighted by Gasteiger charge is 2.03. The highest BCUT2D eigenvalue weighted by atomic mass is 15.2. The van der Waals surface area contributed by atoms with Crippen LogP contribution in [0.15, 0.2) is 30.7 Å². The minimum Gasteiger partial charge on any atom is -0.358 e. The number of nitrogens with one attached hydrogen (secondary N) is 2. The number of aromatic amines is 1. The first kappa shape index (κ1) is 11.4. The fourth-order valence-electron chi connectivity index (χ4n) is 1.48. The maximum Gasteiger partial charge on any atom is 0.136 e. The zero-order valence-electron chi connectivity index (χ0n) is 9.72. The van der Waals surface area contributed by atoms with Crippen molar-refractivity contribution in [1.29, 1.82) is 0 Å². The Balaban J connectivity index is 2.11. The predicted molar refractivity (Wildman–Crippen MR) is 68.4 cm³/mol. The Kier molecular flexibility index (Phi) is 3.56. The number of hydrogen-bond donors (Lipinski definition) is 3. The zero-order valence-corrected chi connectivity index (χ0v) is 9.72. The number of nitrogens with zero attached hydrogens (tertiary/aromatic N) is 3. The van der Waals surface area contributed by atoms with E-state index in [1.807, 2.05) is 36.3 Å². The molecule has 0 aliphatic carbocycles. The quantitative estimate of drug-likeness (QED) is 0.714. The fourth-order valence-corrected chi connectivity index (χ4v) is 1.48. The van der Waals surface area contributed by atoms with Crippen molar-refractivity contribution in [2.24, 2.45) is 5.73 Å². The summed E-state index contributed by atoms with van der Waals surface area (Å²) in [5, 5.41) is 3.16. The molecule has 0 aliphatic rings. The van der Waals surface area contributed by atoms with E-state index in [9.17, 15) is 0 Å². The number of aromatic nitrogens is 3. The van der Waals surface area contributed by atoms with Crippen LogP contribution in [0.1, 0.15) is 0 Å². The third-order valence-corrected chi connectivity index (χ3v) is 2.37. The summed E-state index contributed by atoms with van der Waals surface area (Å²) in [5.41, 5.74) is 5.51. The first-order valence-corrected chi connectivity index (χ1v) is 5.43. The van der Waals surface area contributed by atoms with Crippen LogP contribution in [0, 0.1) is 0 Å². The summed E-state index contributed by atoms with van der Waals surface area (Å²) in [7, 11) is 1.95. The number of nitrogens with two attached hydrogens (primary N) is 1. The second-order valence-corrected chi connectivity index (χ2v) is 3.68. The van der Waals surface area contributed by atoms with E-state index in [2.05, 4.69) is 20.3 Å². The zero-order chi connectivity index (χ0) is 12.1. The van der Waals surface area contributed by atoms with Crippen LogP contribution in [0.3, 0.4) is 0 Å². The number of anilines is 3. The van der Waals surface area contributed by atoms with Gasteiger partial charge in [-0.2, -0.15) is 0 Å². The third kappa shape index (κ3) is 2.94. The Morgan fingerprint density at radius 3 is 3.06 bits per heavy atom. The van der Waals surface area contributed by atoms with Crippen molar-refractivity contribution in [3.63, 3.8) is 0 Å². The van der Waals surface area contributed by atoms with Crippen LogP contribution in [0.4, 0.5) is 17.5 Å². The molecule has 0 saturated carbocycles. The largest absolute Gasteiger partial charge is 0.358 e. The molecular weight excluding hydrogens is 216 g/mol. The molecule has 0 atom stereocenters. The molecule has 2 heterocycles. The maximum absolute atomic E-state index is 5.51. The minimum absolute atomic E-state index is 0.597. The molecule has 0 amide bonds. The predicted octanol–water partition coefficient (Wildman–Crippen LogP) is 0.943. The lowest BCUT2D eigenvalue weighted by Gasteiger charge is -2.17. The van der Waals surface area contributed by atoms with Crippen molar-refractivity contribution in [1.82, 2.24) is 15.0 Å². The third-order valence-electron chi connectivity index (χ3n) is 2.37. The molecular formula is C11H16N6. The summed E-state index contributed by atoms with van der Waals surface area (Å²) in [4.78, 5) is 13.4. The molecule has 6 nitrogen and oxygen atoms in total. The van der Waals surface area contributed by atoms with Crippen LogP contribution < -0.4 is 16.0 Å². The Morgan fingerprint density at radius 2 is 2.35 bits per heavy atom. The standard InChI is InChI=1S/C11H16N6/c1-17(6-4-12)11-7-10(14-8-15-11)16-9-3-2-5-13-9/h2-3,5,7-8,13H,4,6,12H2,1H3,(H,14,15,16). The van der Waals surface area contributed by atoms with E-state index >= 15 is 0 Å². The van der Waals surface area contributed by atoms with Crippen molar-refractivity contribution in [3.05, 3.63) is 30.7 Å². The number of likely N-dealkylation sites (N-methyl/N-ethyl adjacent to an activating group) is 1. The van der Waals surface area contributed by atoms with Crippen LogP contribution >= 0.6 is 0 Å². The summed E-state index contributed by atoms with van der Waals surface area (Å²) in [6, 6.07) is 5.74. The van der Waals surface area contributed by atoms with Crippen LogP contribution in [-0.2, 0) is 0 Å². The second kappa shape index (κ2) is 5.31. The van der Waals surface area contributed by atoms with E-state index in [1.165, 1.54) is 6.33 Å². The topological polar surface area (TPSA) is 82.9 Å². The molecule has 0 aliphatic heterocycles. The van der Waals surface area contributed by atoms with Gasteiger partial charge in [0.15, 0.2) is 0 Å². The molecule has 0 aromatic carbocycles. The number of rotatable bonds is 5. The van der Waals surface area contributed by atoms with Gasteiger partial charge in [0.2, 0.25) is 0 Å². The summed E-state index contributed by atoms with van der Waals surface area (Å²) < 4.78 is 0. The van der Waals surface area contributed by atoms with Gasteiger partial charge in [0.1, 0.15) is 23.8 Å². The van der Waals surface area contributed by atoms with Crippen molar-refractivity contribution in [3.8, 4) is 0 Å². The van der Waals surface area contributed by atoms with Gasteiger partial charge < -0.3 is 20.9 Å². The van der Waals surface area contributed by atoms with Gasteiger partial charge in [-0.05, 0) is 12.1 Å². The molecule has 0 radical (unpaired) electrons. The Labute approximate surface area is 99.9 Å². The normalized spacial score (nSPS) is 10.2. The summed E-state index contributed by atoms with van der Waals surface area (Å²) >= 11 is 0. The lowest BCUT2D eigenvalue weighted by Crippen LogP contribution is -2.25. The molecule has 4 N–H and O–H groups in total. The van der Waals surface area contributed by atoms with Gasteiger partial charge in [-0.1, -0.05) is 0 Å². The Morgan fingerprint density at radius 1 is 1.47 bits per heavy atom. The molecule has 2 rings (SSSR count). The van der Waals surface area contributed by atoms with E-state index in [1.54, 1.807) is 0 Å². The summed E-state index contributed by atoms with van der Waals surface area (Å²) in [5.74, 6) is 2.50. The molecule has 17 heavy (non-hydrogen) atoms. The van der Waals surface area contributed by atoms with Crippen LogP contribution in [0.2, 0.25) is 0 Å². The highest BCUT2D eigenvalue weighted by molar-refractivity contribution is 5.56. The van der Waals surface area contributed by atoms with Gasteiger partial charge in [-0.3, -0.25) is 0 Å². The summed E-state index contributed by atoms with van der Waals surface area (Å²) in [6.07, 6.45) is 3.39. The molecule has 2 aromatic heterocycles. The Hall–Kier alpha value is -2.08. The Bertz CT molecular complexity index is 453. The number of H-pyrrole nitrogens is 1. The van der Waals surface area contributed by atoms with Crippen molar-refractivity contribution in [2.75, 3.05) is 30.4 Å². The molecule has 0 bridgehead atoms. The first-order valence-electron chi connectivity index (χ1n) is 5.43. The lowest BCUT2D eigenvalue weighted by atomic mass is 10.4. The fraction of sp³-hybridized carbons (Fsp3) is 0.273. The second-order valence-electron chi connectivity index (χ2n) is 3.68. The molecule has 2 aromatic rings. The number of hydrogen-bond acceptors (Lipinski definition) is 5. The molecule has 0 unspecified atom stereocenters. The van der Waals surface area contributed by atoms with Gasteiger partial charge in [0, 0.05) is 32.4 Å².